The highest BCUT2D eigenvalue weighted by Gasteiger charge is 2.19. The van der Waals surface area contributed by atoms with Crippen LogP contribution in [0.4, 0.5) is 5.82 Å². The van der Waals surface area contributed by atoms with E-state index in [1.54, 1.807) is 18.5 Å². The topological polar surface area (TPSA) is 96.4 Å². The van der Waals surface area contributed by atoms with Crippen molar-refractivity contribution in [3.8, 4) is 0 Å². The summed E-state index contributed by atoms with van der Waals surface area (Å²) >= 11 is 0. The third-order valence-corrected chi connectivity index (χ3v) is 4.77. The molecule has 1 fully saturated rings. The van der Waals surface area contributed by atoms with Crippen LogP contribution in [0.15, 0.2) is 42.4 Å². The third kappa shape index (κ3) is 6.11. The van der Waals surface area contributed by atoms with Gasteiger partial charge in [0.15, 0.2) is 0 Å². The summed E-state index contributed by atoms with van der Waals surface area (Å²) in [7, 11) is 0. The number of allylic oxidation sites excluding steroid dienone is 2. The van der Waals surface area contributed by atoms with Gasteiger partial charge in [-0.25, -0.2) is 4.98 Å². The van der Waals surface area contributed by atoms with Crippen LogP contribution in [0.2, 0.25) is 0 Å². The summed E-state index contributed by atoms with van der Waals surface area (Å²) in [6.07, 6.45) is 9.59. The number of aliphatic hydroxyl groups is 1. The molecule has 2 aliphatic heterocycles. The molecule has 0 saturated carbocycles. The molecule has 0 aromatic carbocycles. The monoisotopic (exact) mass is 412 g/mol. The average molecular weight is 413 g/mol. The van der Waals surface area contributed by atoms with Crippen molar-refractivity contribution in [3.05, 3.63) is 48.1 Å². The fourth-order valence-electron chi connectivity index (χ4n) is 2.92. The molecule has 162 valence electrons. The van der Waals surface area contributed by atoms with Crippen molar-refractivity contribution < 1.29 is 14.6 Å². The van der Waals surface area contributed by atoms with Crippen molar-refractivity contribution in [2.75, 3.05) is 18.5 Å². The van der Waals surface area contributed by atoms with Gasteiger partial charge in [-0.15, -0.1) is 0 Å². The molecule has 2 unspecified atom stereocenters. The number of nitrogens with one attached hydrogen (secondary N) is 2. The van der Waals surface area contributed by atoms with E-state index in [0.717, 1.165) is 40.8 Å². The Morgan fingerprint density at radius 3 is 2.47 bits per heavy atom. The summed E-state index contributed by atoms with van der Waals surface area (Å²) in [6.45, 7) is 9.98. The molecule has 30 heavy (non-hydrogen) atoms. The van der Waals surface area contributed by atoms with Crippen molar-refractivity contribution in [1.82, 2.24) is 15.3 Å². The van der Waals surface area contributed by atoms with Crippen LogP contribution in [0.3, 0.4) is 0 Å². The standard InChI is InChI=1S/C18H20N4O2.C3H6O.C2H6/c1-3-17(24)16-4-11(2)14(9-20-16)15-5-12-8-21-18(22-10-23)6-13(12)7-19-15;1-2-4-3-1;1-2/h4-10,16-17,20,24H,3H2,1-2H3,(H,21,22,23);1-3H2;1-2H3. The fraction of sp³-hybridized carbons (Fsp3) is 0.435. The lowest BCUT2D eigenvalue weighted by Gasteiger charge is -2.25. The predicted molar refractivity (Wildman–Crippen MR) is 121 cm³/mol. The van der Waals surface area contributed by atoms with Crippen molar-refractivity contribution >= 4 is 28.6 Å². The van der Waals surface area contributed by atoms with Crippen LogP contribution < -0.4 is 10.6 Å². The summed E-state index contributed by atoms with van der Waals surface area (Å²) in [5.74, 6) is 0.498. The Morgan fingerprint density at radius 1 is 1.27 bits per heavy atom. The van der Waals surface area contributed by atoms with E-state index in [0.29, 0.717) is 18.6 Å². The number of rotatable bonds is 5. The second-order valence-electron chi connectivity index (χ2n) is 6.79. The quantitative estimate of drug-likeness (QED) is 0.649. The van der Waals surface area contributed by atoms with Crippen molar-refractivity contribution in [2.45, 2.75) is 52.7 Å². The lowest BCUT2D eigenvalue weighted by atomic mass is 9.95. The first-order valence-electron chi connectivity index (χ1n) is 10.5. The Morgan fingerprint density at radius 2 is 1.90 bits per heavy atom. The Labute approximate surface area is 178 Å². The van der Waals surface area contributed by atoms with E-state index in [4.69, 9.17) is 4.74 Å². The smallest absolute Gasteiger partial charge is 0.212 e. The number of pyridine rings is 2. The highest BCUT2D eigenvalue weighted by atomic mass is 16.5. The molecule has 1 saturated heterocycles. The van der Waals surface area contributed by atoms with Crippen LogP contribution in [0.1, 0.15) is 46.2 Å². The maximum Gasteiger partial charge on any atom is 0.212 e. The maximum atomic E-state index is 10.5. The molecule has 0 aliphatic carbocycles. The highest BCUT2D eigenvalue weighted by molar-refractivity contribution is 5.89. The molecule has 2 aromatic rings. The minimum atomic E-state index is -0.407. The summed E-state index contributed by atoms with van der Waals surface area (Å²) in [4.78, 5) is 19.2. The normalized spacial score (nSPS) is 18.1. The van der Waals surface area contributed by atoms with Crippen molar-refractivity contribution in [3.63, 3.8) is 0 Å². The Kier molecular flexibility index (Phi) is 9.44. The number of carbonyl (C=O) groups is 1. The summed E-state index contributed by atoms with van der Waals surface area (Å²) in [5.41, 5.74) is 2.91. The lowest BCUT2D eigenvalue weighted by Crippen LogP contribution is -2.37. The molecule has 4 rings (SSSR count). The number of anilines is 1. The van der Waals surface area contributed by atoms with Gasteiger partial charge in [-0.05, 0) is 37.5 Å². The zero-order valence-corrected chi connectivity index (χ0v) is 18.2. The van der Waals surface area contributed by atoms with E-state index in [9.17, 15) is 9.90 Å². The first-order chi connectivity index (χ1) is 14.6. The molecular formula is C23H32N4O3. The second-order valence-corrected chi connectivity index (χ2v) is 6.79. The van der Waals surface area contributed by atoms with Gasteiger partial charge in [0, 0.05) is 48.2 Å². The van der Waals surface area contributed by atoms with E-state index >= 15 is 0 Å². The van der Waals surface area contributed by atoms with E-state index in [1.165, 1.54) is 6.42 Å². The van der Waals surface area contributed by atoms with Gasteiger partial charge in [0.25, 0.3) is 0 Å². The molecule has 1 amide bonds. The van der Waals surface area contributed by atoms with Gasteiger partial charge in [-0.1, -0.05) is 26.8 Å². The molecule has 3 N–H and O–H groups in total. The number of nitrogens with zero attached hydrogens (tertiary/aromatic N) is 2. The zero-order chi connectivity index (χ0) is 21.9. The minimum Gasteiger partial charge on any atom is -0.391 e. The van der Waals surface area contributed by atoms with Crippen molar-refractivity contribution in [2.24, 2.45) is 0 Å². The number of hydrogen-bond donors (Lipinski definition) is 3. The number of aromatic nitrogens is 2. The van der Waals surface area contributed by atoms with Gasteiger partial charge in [-0.3, -0.25) is 9.78 Å². The van der Waals surface area contributed by atoms with Gasteiger partial charge in [0.2, 0.25) is 6.41 Å². The number of hydrogen-bond acceptors (Lipinski definition) is 6. The molecule has 7 nitrogen and oxygen atoms in total. The largest absolute Gasteiger partial charge is 0.391 e. The molecule has 0 bridgehead atoms. The van der Waals surface area contributed by atoms with Crippen LogP contribution in [-0.4, -0.2) is 46.8 Å². The van der Waals surface area contributed by atoms with Gasteiger partial charge in [0.1, 0.15) is 5.82 Å². The Bertz CT molecular complexity index is 887. The predicted octanol–water partition coefficient (Wildman–Crippen LogP) is 3.66. The number of dihydropyridines is 1. The first kappa shape index (κ1) is 23.5. The Balaban J connectivity index is 0.000000467. The minimum absolute atomic E-state index is 0.0714. The molecule has 7 heteroatoms. The van der Waals surface area contributed by atoms with E-state index in [-0.39, 0.29) is 6.04 Å². The van der Waals surface area contributed by atoms with Crippen LogP contribution in [0, 0.1) is 0 Å². The van der Waals surface area contributed by atoms with Crippen LogP contribution in [0.25, 0.3) is 16.3 Å². The molecule has 2 atom stereocenters. The Hall–Kier alpha value is -2.77. The fourth-order valence-corrected chi connectivity index (χ4v) is 2.92. The van der Waals surface area contributed by atoms with Crippen LogP contribution in [-0.2, 0) is 9.53 Å². The second kappa shape index (κ2) is 12.0. The van der Waals surface area contributed by atoms with E-state index in [2.05, 4.69) is 20.6 Å². The number of ether oxygens (including phenoxy) is 1. The number of aliphatic hydroxyl groups excluding tert-OH is 1. The van der Waals surface area contributed by atoms with Gasteiger partial charge < -0.3 is 20.5 Å². The summed E-state index contributed by atoms with van der Waals surface area (Å²) in [5, 5.41) is 17.6. The first-order valence-corrected chi connectivity index (χ1v) is 10.5. The highest BCUT2D eigenvalue weighted by Crippen LogP contribution is 2.27. The number of carbonyl (C=O) groups excluding carboxylic acids is 1. The molecule has 4 heterocycles. The third-order valence-electron chi connectivity index (χ3n) is 4.77. The molecule has 2 aliphatic rings. The lowest BCUT2D eigenvalue weighted by molar-refractivity contribution is -0.105. The molecule has 0 spiro atoms. The molecular weight excluding hydrogens is 380 g/mol. The average Bonchev–Trinajstić information content (AvgIpc) is 2.73. The molecule has 2 aromatic heterocycles. The van der Waals surface area contributed by atoms with Gasteiger partial charge in [0.05, 0.1) is 17.8 Å². The summed E-state index contributed by atoms with van der Waals surface area (Å²) in [6, 6.07) is 3.68. The number of amides is 1. The SMILES string of the molecule is C1COC1.CC.CCC(O)C1C=C(C)C(c2cc3cnc(NC=O)cc3cn2)=CN1. The van der Waals surface area contributed by atoms with E-state index < -0.39 is 6.10 Å². The van der Waals surface area contributed by atoms with Crippen molar-refractivity contribution in [1.29, 1.82) is 0 Å². The molecule has 0 radical (unpaired) electrons. The maximum absolute atomic E-state index is 10.5. The van der Waals surface area contributed by atoms with Gasteiger partial charge >= 0.3 is 0 Å². The van der Waals surface area contributed by atoms with Crippen LogP contribution >= 0.6 is 0 Å². The van der Waals surface area contributed by atoms with E-state index in [1.807, 2.05) is 46.0 Å². The van der Waals surface area contributed by atoms with Crippen LogP contribution in [0.5, 0.6) is 0 Å². The zero-order valence-electron chi connectivity index (χ0n) is 18.2. The van der Waals surface area contributed by atoms with Gasteiger partial charge in [-0.2, -0.15) is 0 Å². The number of fused-ring (bicyclic) bond motifs is 1. The summed E-state index contributed by atoms with van der Waals surface area (Å²) < 4.78 is 4.72.